The third kappa shape index (κ3) is 7.74. The first kappa shape index (κ1) is 27.1. The van der Waals surface area contributed by atoms with Crippen molar-refractivity contribution < 1.29 is 19.1 Å². The molecular formula is C23H27Cl2N5O4S. The fraction of sp³-hybridized carbons (Fsp3) is 0.348. The number of nitrogens with zero attached hydrogens (tertiary/aromatic N) is 2. The monoisotopic (exact) mass is 539 g/mol. The molecule has 0 aromatic heterocycles. The smallest absolute Gasteiger partial charge is 0.335 e. The first-order chi connectivity index (χ1) is 16.8. The molecule has 0 spiro atoms. The first-order valence-corrected chi connectivity index (χ1v) is 12.6. The van der Waals surface area contributed by atoms with Crippen LogP contribution in [0, 0.1) is 0 Å². The molecule has 0 aliphatic carbocycles. The van der Waals surface area contributed by atoms with Gasteiger partial charge in [-0.25, -0.2) is 4.79 Å². The largest absolute Gasteiger partial charge is 0.443 e. The van der Waals surface area contributed by atoms with Gasteiger partial charge in [-0.2, -0.15) is 0 Å². The lowest BCUT2D eigenvalue weighted by atomic mass is 10.1. The lowest BCUT2D eigenvalue weighted by Crippen LogP contribution is -2.47. The second-order valence-corrected chi connectivity index (χ2v) is 9.81. The van der Waals surface area contributed by atoms with Crippen molar-refractivity contribution in [2.75, 3.05) is 13.3 Å². The van der Waals surface area contributed by atoms with Gasteiger partial charge < -0.3 is 21.5 Å². The molecule has 1 aliphatic heterocycles. The molecular weight excluding hydrogens is 513 g/mol. The van der Waals surface area contributed by atoms with Crippen LogP contribution >= 0.6 is 35.1 Å². The quantitative estimate of drug-likeness (QED) is 0.226. The third-order valence-corrected chi connectivity index (χ3v) is 6.80. The minimum absolute atomic E-state index is 0.261. The maximum atomic E-state index is 13.1. The molecule has 1 fully saturated rings. The highest BCUT2D eigenvalue weighted by molar-refractivity contribution is 7.98. The Balaban J connectivity index is 1.69. The minimum Gasteiger partial charge on any atom is -0.443 e. The molecule has 35 heavy (non-hydrogen) atoms. The summed E-state index contributed by atoms with van der Waals surface area (Å²) < 4.78 is 6.80. The van der Waals surface area contributed by atoms with Gasteiger partial charge in [-0.3, -0.25) is 18.8 Å². The molecule has 0 saturated carbocycles. The van der Waals surface area contributed by atoms with Crippen molar-refractivity contribution >= 4 is 53.1 Å². The Morgan fingerprint density at radius 2 is 1.69 bits per heavy atom. The van der Waals surface area contributed by atoms with Crippen LogP contribution in [0.4, 0.5) is 4.79 Å². The molecule has 188 valence electrons. The number of carbonyl (C=O) groups is 3. The van der Waals surface area contributed by atoms with Crippen LogP contribution in [0.2, 0.25) is 10.0 Å². The summed E-state index contributed by atoms with van der Waals surface area (Å²) in [6.45, 7) is 0.411. The number of halogens is 2. The lowest BCUT2D eigenvalue weighted by molar-refractivity contribution is -0.149. The van der Waals surface area contributed by atoms with E-state index in [9.17, 15) is 14.4 Å². The van der Waals surface area contributed by atoms with E-state index in [2.05, 4.69) is 5.32 Å². The number of ether oxygens (including phenoxy) is 1. The van der Waals surface area contributed by atoms with Crippen LogP contribution in [-0.2, 0) is 16.1 Å². The normalized spacial score (nSPS) is 16.3. The van der Waals surface area contributed by atoms with Crippen molar-refractivity contribution in [2.24, 2.45) is 11.5 Å². The molecule has 2 unspecified atom stereocenters. The number of rotatable bonds is 11. The molecule has 12 heteroatoms. The van der Waals surface area contributed by atoms with Gasteiger partial charge in [0.2, 0.25) is 0 Å². The average molecular weight is 540 g/mol. The molecule has 1 saturated heterocycles. The van der Waals surface area contributed by atoms with Crippen molar-refractivity contribution in [3.63, 3.8) is 0 Å². The summed E-state index contributed by atoms with van der Waals surface area (Å²) in [5.74, 6) is -1.03. The Bertz CT molecular complexity index is 1030. The number of esters is 1. The number of nitrogens with one attached hydrogen (secondary N) is 1. The Kier molecular flexibility index (Phi) is 10.1. The molecule has 1 heterocycles. The van der Waals surface area contributed by atoms with E-state index >= 15 is 0 Å². The molecule has 9 nitrogen and oxygen atoms in total. The molecule has 1 aliphatic rings. The van der Waals surface area contributed by atoms with Gasteiger partial charge in [-0.1, -0.05) is 41.8 Å². The van der Waals surface area contributed by atoms with Gasteiger partial charge in [0, 0.05) is 27.6 Å². The topological polar surface area (TPSA) is 131 Å². The van der Waals surface area contributed by atoms with Gasteiger partial charge in [-0.15, -0.1) is 0 Å². The zero-order chi connectivity index (χ0) is 25.4. The number of benzene rings is 2. The van der Waals surface area contributed by atoms with Gasteiger partial charge in [0.15, 0.2) is 12.2 Å². The maximum Gasteiger partial charge on any atom is 0.335 e. The molecule has 0 radical (unpaired) electrons. The molecule has 2 aromatic rings. The van der Waals surface area contributed by atoms with Gasteiger partial charge in [-0.05, 0) is 61.3 Å². The SMILES string of the molecule is NCCCCC(N)C(=O)OCN1C(=O)N(Cc2ccc(Cl)cc2)SC1NC(=O)c1ccc(Cl)cc1. The second kappa shape index (κ2) is 13.0. The van der Waals surface area contributed by atoms with Crippen LogP contribution in [0.25, 0.3) is 0 Å². The summed E-state index contributed by atoms with van der Waals surface area (Å²) in [6.07, 6.45) is 1.87. The van der Waals surface area contributed by atoms with Crippen LogP contribution in [0.5, 0.6) is 0 Å². The van der Waals surface area contributed by atoms with Crippen molar-refractivity contribution in [3.05, 3.63) is 69.7 Å². The van der Waals surface area contributed by atoms with E-state index < -0.39 is 29.4 Å². The summed E-state index contributed by atoms with van der Waals surface area (Å²) in [7, 11) is 0. The van der Waals surface area contributed by atoms with E-state index in [1.54, 1.807) is 48.5 Å². The van der Waals surface area contributed by atoms with Gasteiger partial charge in [0.25, 0.3) is 5.91 Å². The summed E-state index contributed by atoms with van der Waals surface area (Å²) in [4.78, 5) is 39.5. The first-order valence-electron chi connectivity index (χ1n) is 11.0. The van der Waals surface area contributed by atoms with Gasteiger partial charge >= 0.3 is 12.0 Å². The summed E-state index contributed by atoms with van der Waals surface area (Å²) in [5.41, 5.74) is 11.8. The van der Waals surface area contributed by atoms with E-state index in [-0.39, 0.29) is 13.3 Å². The predicted octanol–water partition coefficient (Wildman–Crippen LogP) is 3.55. The molecule has 3 rings (SSSR count). The molecule has 3 amide bonds. The third-order valence-electron chi connectivity index (χ3n) is 5.19. The highest BCUT2D eigenvalue weighted by Crippen LogP contribution is 2.31. The Morgan fingerprint density at radius 3 is 2.31 bits per heavy atom. The molecule has 2 atom stereocenters. The van der Waals surface area contributed by atoms with Crippen molar-refractivity contribution in [1.82, 2.24) is 14.5 Å². The number of urea groups is 1. The van der Waals surface area contributed by atoms with Crippen molar-refractivity contribution in [1.29, 1.82) is 0 Å². The number of hydrogen-bond donors (Lipinski definition) is 3. The van der Waals surface area contributed by atoms with Gasteiger partial charge in [0.1, 0.15) is 6.04 Å². The van der Waals surface area contributed by atoms with Crippen molar-refractivity contribution in [2.45, 2.75) is 37.3 Å². The van der Waals surface area contributed by atoms with E-state index in [1.807, 2.05) is 0 Å². The Labute approximate surface area is 218 Å². The maximum absolute atomic E-state index is 13.1. The van der Waals surface area contributed by atoms with E-state index in [1.165, 1.54) is 9.21 Å². The molecule has 5 N–H and O–H groups in total. The summed E-state index contributed by atoms with van der Waals surface area (Å²) in [6, 6.07) is 12.2. The van der Waals surface area contributed by atoms with Crippen LogP contribution in [0.15, 0.2) is 48.5 Å². The van der Waals surface area contributed by atoms with E-state index in [4.69, 9.17) is 39.4 Å². The zero-order valence-corrected chi connectivity index (χ0v) is 21.2. The van der Waals surface area contributed by atoms with Gasteiger partial charge in [0.05, 0.1) is 6.54 Å². The predicted molar refractivity (Wildman–Crippen MR) is 136 cm³/mol. The van der Waals surface area contributed by atoms with Crippen LogP contribution in [0.3, 0.4) is 0 Å². The Morgan fingerprint density at radius 1 is 1.06 bits per heavy atom. The fourth-order valence-electron chi connectivity index (χ4n) is 3.22. The van der Waals surface area contributed by atoms with Crippen LogP contribution in [0.1, 0.15) is 35.2 Å². The molecule has 2 aromatic carbocycles. The lowest BCUT2D eigenvalue weighted by Gasteiger charge is -2.23. The number of amides is 3. The minimum atomic E-state index is -0.820. The number of unbranched alkanes of at least 4 members (excludes halogenated alkanes) is 1. The highest BCUT2D eigenvalue weighted by atomic mass is 35.5. The van der Waals surface area contributed by atoms with E-state index in [0.717, 1.165) is 23.9 Å². The number of carbonyl (C=O) groups excluding carboxylic acids is 3. The van der Waals surface area contributed by atoms with Crippen molar-refractivity contribution in [3.8, 4) is 0 Å². The van der Waals surface area contributed by atoms with E-state index in [0.29, 0.717) is 35.0 Å². The average Bonchev–Trinajstić information content (AvgIpc) is 3.12. The standard InChI is InChI=1S/C23H27Cl2N5O4S/c24-17-8-4-15(5-9-17)13-30-23(33)29(14-34-21(32)19(27)3-1-2-12-26)22(35-30)28-20(31)16-6-10-18(25)11-7-16/h4-11,19,22H,1-3,12-14,26-27H2,(H,28,31). The Hall–Kier alpha value is -2.50. The van der Waals surface area contributed by atoms with Crippen LogP contribution < -0.4 is 16.8 Å². The highest BCUT2D eigenvalue weighted by Gasteiger charge is 2.40. The van der Waals surface area contributed by atoms with Crippen LogP contribution in [-0.4, -0.2) is 51.9 Å². The molecule has 0 bridgehead atoms. The second-order valence-electron chi connectivity index (χ2n) is 7.84. The number of nitrogens with two attached hydrogens (primary N) is 2. The summed E-state index contributed by atoms with van der Waals surface area (Å²) >= 11 is 13.0. The zero-order valence-electron chi connectivity index (χ0n) is 18.9. The summed E-state index contributed by atoms with van der Waals surface area (Å²) in [5, 5.41) is 3.88. The fourth-order valence-corrected chi connectivity index (χ4v) is 4.55. The number of hydrogen-bond acceptors (Lipinski definition) is 7.